The standard InChI is InChI=1S/C6H2Br2ClFO2S/c7-4-1-3(10)2-5(8)6(4)13(9,11)12/h1-2H. The summed E-state index contributed by atoms with van der Waals surface area (Å²) in [6, 6.07) is 2.06. The molecule has 1 rings (SSSR count). The molecule has 0 unspecified atom stereocenters. The first-order valence-corrected chi connectivity index (χ1v) is 6.81. The number of hydrogen-bond acceptors (Lipinski definition) is 2. The summed E-state index contributed by atoms with van der Waals surface area (Å²) in [5, 5.41) is 0. The van der Waals surface area contributed by atoms with Crippen LogP contribution in [-0.2, 0) is 9.05 Å². The van der Waals surface area contributed by atoms with Crippen LogP contribution in [0.2, 0.25) is 0 Å². The molecule has 0 spiro atoms. The van der Waals surface area contributed by atoms with Crippen LogP contribution >= 0.6 is 42.5 Å². The zero-order chi connectivity index (χ0) is 10.2. The number of halogens is 4. The van der Waals surface area contributed by atoms with E-state index in [4.69, 9.17) is 10.7 Å². The second-order valence-electron chi connectivity index (χ2n) is 2.14. The normalized spacial score (nSPS) is 11.7. The van der Waals surface area contributed by atoms with Gasteiger partial charge in [0.05, 0.1) is 0 Å². The maximum Gasteiger partial charge on any atom is 0.263 e. The Kier molecular flexibility index (Phi) is 3.38. The van der Waals surface area contributed by atoms with Gasteiger partial charge in [-0.15, -0.1) is 0 Å². The topological polar surface area (TPSA) is 34.1 Å². The Morgan fingerprint density at radius 1 is 1.23 bits per heavy atom. The molecule has 0 amide bonds. The van der Waals surface area contributed by atoms with Crippen LogP contribution in [0.25, 0.3) is 0 Å². The summed E-state index contributed by atoms with van der Waals surface area (Å²) >= 11 is 5.80. The molecule has 7 heteroatoms. The Morgan fingerprint density at radius 3 is 1.92 bits per heavy atom. The largest absolute Gasteiger partial charge is 0.263 e. The van der Waals surface area contributed by atoms with Crippen LogP contribution in [0, 0.1) is 5.82 Å². The summed E-state index contributed by atoms with van der Waals surface area (Å²) < 4.78 is 34.8. The molecule has 0 aliphatic carbocycles. The number of benzene rings is 1. The summed E-state index contributed by atoms with van der Waals surface area (Å²) in [5.74, 6) is -0.553. The van der Waals surface area contributed by atoms with Crippen LogP contribution < -0.4 is 0 Å². The third-order valence-electron chi connectivity index (χ3n) is 1.21. The first-order valence-electron chi connectivity index (χ1n) is 2.91. The quantitative estimate of drug-likeness (QED) is 0.727. The maximum absolute atomic E-state index is 12.7. The van der Waals surface area contributed by atoms with Crippen LogP contribution in [0.3, 0.4) is 0 Å². The van der Waals surface area contributed by atoms with Crippen molar-refractivity contribution in [2.24, 2.45) is 0 Å². The fourth-order valence-corrected chi connectivity index (χ4v) is 4.81. The van der Waals surface area contributed by atoms with Gasteiger partial charge < -0.3 is 0 Å². The third-order valence-corrected chi connectivity index (χ3v) is 4.37. The summed E-state index contributed by atoms with van der Waals surface area (Å²) in [4.78, 5) is -0.171. The SMILES string of the molecule is O=S(=O)(Cl)c1c(Br)cc(F)cc1Br. The van der Waals surface area contributed by atoms with Crippen molar-refractivity contribution >= 4 is 51.6 Å². The fourth-order valence-electron chi connectivity index (χ4n) is 0.762. The molecule has 0 atom stereocenters. The van der Waals surface area contributed by atoms with Crippen molar-refractivity contribution < 1.29 is 12.8 Å². The van der Waals surface area contributed by atoms with Gasteiger partial charge in [-0.3, -0.25) is 0 Å². The molecule has 0 aliphatic heterocycles. The highest BCUT2D eigenvalue weighted by Gasteiger charge is 2.19. The van der Waals surface area contributed by atoms with Gasteiger partial charge in [0.2, 0.25) is 0 Å². The Morgan fingerprint density at radius 2 is 1.62 bits per heavy atom. The van der Waals surface area contributed by atoms with E-state index in [1.54, 1.807) is 0 Å². The zero-order valence-corrected chi connectivity index (χ0v) is 10.6. The Labute approximate surface area is 95.8 Å². The lowest BCUT2D eigenvalue weighted by Gasteiger charge is -2.02. The molecule has 72 valence electrons. The van der Waals surface area contributed by atoms with E-state index in [0.717, 1.165) is 12.1 Å². The highest BCUT2D eigenvalue weighted by molar-refractivity contribution is 9.11. The summed E-state index contributed by atoms with van der Waals surface area (Å²) in [6.45, 7) is 0. The molecular formula is C6H2Br2ClFO2S. The second kappa shape index (κ2) is 3.84. The van der Waals surface area contributed by atoms with Crippen molar-refractivity contribution in [2.75, 3.05) is 0 Å². The highest BCUT2D eigenvalue weighted by Crippen LogP contribution is 2.33. The van der Waals surface area contributed by atoms with Gasteiger partial charge in [-0.25, -0.2) is 12.8 Å². The third kappa shape index (κ3) is 2.65. The van der Waals surface area contributed by atoms with Gasteiger partial charge in [0.25, 0.3) is 9.05 Å². The van der Waals surface area contributed by atoms with E-state index >= 15 is 0 Å². The van der Waals surface area contributed by atoms with Crippen molar-refractivity contribution in [1.82, 2.24) is 0 Å². The first-order chi connectivity index (χ1) is 5.82. The average Bonchev–Trinajstić information content (AvgIpc) is 1.78. The highest BCUT2D eigenvalue weighted by atomic mass is 79.9. The zero-order valence-electron chi connectivity index (χ0n) is 5.89. The van der Waals surface area contributed by atoms with Crippen molar-refractivity contribution in [3.05, 3.63) is 26.9 Å². The molecule has 0 bridgehead atoms. The molecule has 0 radical (unpaired) electrons. The van der Waals surface area contributed by atoms with Gasteiger partial charge in [-0.05, 0) is 44.0 Å². The first kappa shape index (κ1) is 11.4. The van der Waals surface area contributed by atoms with Crippen molar-refractivity contribution in [1.29, 1.82) is 0 Å². The summed E-state index contributed by atoms with van der Waals surface area (Å²) in [7, 11) is 1.24. The van der Waals surface area contributed by atoms with Crippen molar-refractivity contribution in [3.8, 4) is 0 Å². The van der Waals surface area contributed by atoms with E-state index < -0.39 is 14.9 Å². The van der Waals surface area contributed by atoms with Gasteiger partial charge in [0.15, 0.2) is 0 Å². The van der Waals surface area contributed by atoms with Crippen molar-refractivity contribution in [3.63, 3.8) is 0 Å². The lowest BCUT2D eigenvalue weighted by atomic mass is 10.3. The molecule has 0 N–H and O–H groups in total. The maximum atomic E-state index is 12.7. The van der Waals surface area contributed by atoms with Gasteiger partial charge in [0.1, 0.15) is 10.7 Å². The molecule has 0 fully saturated rings. The minimum Gasteiger partial charge on any atom is -0.207 e. The van der Waals surface area contributed by atoms with E-state index in [9.17, 15) is 12.8 Å². The molecule has 1 aromatic rings. The van der Waals surface area contributed by atoms with E-state index in [2.05, 4.69) is 31.9 Å². The van der Waals surface area contributed by atoms with Crippen LogP contribution in [0.15, 0.2) is 26.0 Å². The molecule has 0 heterocycles. The molecule has 0 saturated carbocycles. The molecular weight excluding hydrogens is 350 g/mol. The van der Waals surface area contributed by atoms with Crippen molar-refractivity contribution in [2.45, 2.75) is 4.90 Å². The van der Waals surface area contributed by atoms with Crippen LogP contribution in [-0.4, -0.2) is 8.42 Å². The minimum absolute atomic E-state index is 0.0920. The van der Waals surface area contributed by atoms with Crippen LogP contribution in [0.5, 0.6) is 0 Å². The average molecular weight is 352 g/mol. The predicted octanol–water partition coefficient (Wildman–Crippen LogP) is 3.28. The smallest absolute Gasteiger partial charge is 0.207 e. The molecule has 1 aromatic carbocycles. The second-order valence-corrected chi connectivity index (χ2v) is 6.35. The number of rotatable bonds is 1. The summed E-state index contributed by atoms with van der Waals surface area (Å²) in [5.41, 5.74) is 0. The molecule has 2 nitrogen and oxygen atoms in total. The lowest BCUT2D eigenvalue weighted by Crippen LogP contribution is -1.94. The monoisotopic (exact) mass is 350 g/mol. The molecule has 0 aromatic heterocycles. The Hall–Kier alpha value is 0.350. The van der Waals surface area contributed by atoms with Gasteiger partial charge in [-0.2, -0.15) is 0 Å². The van der Waals surface area contributed by atoms with E-state index in [0.29, 0.717) is 0 Å². The van der Waals surface area contributed by atoms with Gasteiger partial charge in [-0.1, -0.05) is 0 Å². The van der Waals surface area contributed by atoms with Crippen LogP contribution in [0.1, 0.15) is 0 Å². The molecule has 0 saturated heterocycles. The molecule has 13 heavy (non-hydrogen) atoms. The Balaban J connectivity index is 3.57. The predicted molar refractivity (Wildman–Crippen MR) is 54.8 cm³/mol. The lowest BCUT2D eigenvalue weighted by molar-refractivity contribution is 0.605. The fraction of sp³-hybridized carbons (Fsp3) is 0. The van der Waals surface area contributed by atoms with E-state index in [1.807, 2.05) is 0 Å². The van der Waals surface area contributed by atoms with Gasteiger partial charge in [0, 0.05) is 19.6 Å². The minimum atomic E-state index is -3.87. The van der Waals surface area contributed by atoms with E-state index in [-0.39, 0.29) is 13.8 Å². The number of hydrogen-bond donors (Lipinski definition) is 0. The Bertz CT molecular complexity index is 423. The summed E-state index contributed by atoms with van der Waals surface area (Å²) in [6.07, 6.45) is 0. The van der Waals surface area contributed by atoms with Crippen LogP contribution in [0.4, 0.5) is 4.39 Å². The molecule has 0 aliphatic rings. The van der Waals surface area contributed by atoms with E-state index in [1.165, 1.54) is 0 Å². The van der Waals surface area contributed by atoms with Gasteiger partial charge >= 0.3 is 0 Å².